The molecule has 0 unspecified atom stereocenters. The monoisotopic (exact) mass is 236 g/mol. The minimum atomic E-state index is -0.808. The topological polar surface area (TPSA) is 47.3 Å². The summed E-state index contributed by atoms with van der Waals surface area (Å²) in [6, 6.07) is 6.32. The van der Waals surface area contributed by atoms with Crippen molar-refractivity contribution in [3.05, 3.63) is 35.1 Å². The highest BCUT2D eigenvalue weighted by Crippen LogP contribution is 2.13. The minimum absolute atomic E-state index is 0.316. The molecule has 1 rings (SSSR count). The van der Waals surface area contributed by atoms with Crippen molar-refractivity contribution in [3.63, 3.8) is 0 Å². The summed E-state index contributed by atoms with van der Waals surface area (Å²) in [5.74, 6) is -0.383. The van der Waals surface area contributed by atoms with Gasteiger partial charge in [0.05, 0.1) is 17.2 Å². The van der Waals surface area contributed by atoms with Crippen LogP contribution in [0.15, 0.2) is 18.2 Å². The van der Waals surface area contributed by atoms with Gasteiger partial charge in [0, 0.05) is 18.7 Å². The number of rotatable bonds is 4. The standard InChI is InChI=1S/C13H17FN2O/c1-13(2,17)9-16(3)8-11-5-4-10(7-15)6-12(11)14/h4-6,17H,8-9H2,1-3H3. The third-order valence-corrected chi connectivity index (χ3v) is 2.28. The molecular weight excluding hydrogens is 219 g/mol. The predicted molar refractivity (Wildman–Crippen MR) is 63.7 cm³/mol. The molecule has 0 saturated carbocycles. The molecule has 0 aliphatic heterocycles. The second-order valence-corrected chi connectivity index (χ2v) is 4.90. The van der Waals surface area contributed by atoms with E-state index in [-0.39, 0.29) is 5.82 Å². The Morgan fingerprint density at radius 1 is 1.47 bits per heavy atom. The molecule has 0 heterocycles. The highest BCUT2D eigenvalue weighted by molar-refractivity contribution is 5.32. The van der Waals surface area contributed by atoms with Gasteiger partial charge in [-0.2, -0.15) is 5.26 Å². The molecule has 0 aliphatic carbocycles. The molecule has 3 nitrogen and oxygen atoms in total. The molecule has 0 aromatic heterocycles. The smallest absolute Gasteiger partial charge is 0.129 e. The van der Waals surface area contributed by atoms with E-state index < -0.39 is 5.60 Å². The van der Waals surface area contributed by atoms with Crippen molar-refractivity contribution in [1.82, 2.24) is 4.90 Å². The van der Waals surface area contributed by atoms with Gasteiger partial charge < -0.3 is 5.11 Å². The van der Waals surface area contributed by atoms with Crippen LogP contribution in [-0.2, 0) is 6.54 Å². The molecule has 0 radical (unpaired) electrons. The number of nitrogens with zero attached hydrogens (tertiary/aromatic N) is 2. The number of halogens is 1. The van der Waals surface area contributed by atoms with Gasteiger partial charge in [0.15, 0.2) is 0 Å². The zero-order chi connectivity index (χ0) is 13.1. The van der Waals surface area contributed by atoms with Crippen molar-refractivity contribution >= 4 is 0 Å². The fraction of sp³-hybridized carbons (Fsp3) is 0.462. The molecular formula is C13H17FN2O. The Hall–Kier alpha value is -1.44. The number of hydrogen-bond acceptors (Lipinski definition) is 3. The van der Waals surface area contributed by atoms with Crippen LogP contribution in [0.3, 0.4) is 0 Å². The molecule has 0 amide bonds. The van der Waals surface area contributed by atoms with Crippen molar-refractivity contribution in [3.8, 4) is 6.07 Å². The predicted octanol–water partition coefficient (Wildman–Crippen LogP) is 1.90. The Labute approximate surface area is 101 Å². The van der Waals surface area contributed by atoms with Crippen molar-refractivity contribution in [2.75, 3.05) is 13.6 Å². The molecule has 0 spiro atoms. The van der Waals surface area contributed by atoms with Gasteiger partial charge in [-0.25, -0.2) is 4.39 Å². The average molecular weight is 236 g/mol. The van der Waals surface area contributed by atoms with Crippen LogP contribution in [0.25, 0.3) is 0 Å². The first kappa shape index (κ1) is 13.6. The van der Waals surface area contributed by atoms with Crippen molar-refractivity contribution in [2.45, 2.75) is 26.0 Å². The second kappa shape index (κ2) is 5.26. The van der Waals surface area contributed by atoms with Gasteiger partial charge in [0.2, 0.25) is 0 Å². The molecule has 17 heavy (non-hydrogen) atoms. The lowest BCUT2D eigenvalue weighted by Crippen LogP contribution is -2.36. The summed E-state index contributed by atoms with van der Waals surface area (Å²) in [7, 11) is 1.82. The van der Waals surface area contributed by atoms with Crippen LogP contribution in [-0.4, -0.2) is 29.2 Å². The van der Waals surface area contributed by atoms with E-state index in [1.165, 1.54) is 6.07 Å². The number of likely N-dealkylation sites (N-methyl/N-ethyl adjacent to an activating group) is 1. The number of benzene rings is 1. The highest BCUT2D eigenvalue weighted by Gasteiger charge is 2.16. The lowest BCUT2D eigenvalue weighted by atomic mass is 10.1. The van der Waals surface area contributed by atoms with Gasteiger partial charge in [-0.3, -0.25) is 4.90 Å². The molecule has 0 bridgehead atoms. The Bertz CT molecular complexity index is 432. The van der Waals surface area contributed by atoms with Crippen LogP contribution in [0, 0.1) is 17.1 Å². The van der Waals surface area contributed by atoms with E-state index in [9.17, 15) is 9.50 Å². The van der Waals surface area contributed by atoms with Gasteiger partial charge in [0.1, 0.15) is 5.82 Å². The summed E-state index contributed by atoms with van der Waals surface area (Å²) in [6.07, 6.45) is 0. The van der Waals surface area contributed by atoms with E-state index in [1.807, 2.05) is 18.0 Å². The maximum absolute atomic E-state index is 13.6. The molecule has 0 aliphatic rings. The molecule has 0 saturated heterocycles. The van der Waals surface area contributed by atoms with Crippen molar-refractivity contribution in [1.29, 1.82) is 5.26 Å². The summed E-state index contributed by atoms with van der Waals surface area (Å²) in [4.78, 5) is 1.84. The van der Waals surface area contributed by atoms with E-state index >= 15 is 0 Å². The summed E-state index contributed by atoms with van der Waals surface area (Å²) >= 11 is 0. The third kappa shape index (κ3) is 4.51. The van der Waals surface area contributed by atoms with Crippen LogP contribution in [0.4, 0.5) is 4.39 Å². The van der Waals surface area contributed by atoms with Gasteiger partial charge in [-0.15, -0.1) is 0 Å². The molecule has 92 valence electrons. The van der Waals surface area contributed by atoms with Crippen LogP contribution < -0.4 is 0 Å². The number of aliphatic hydroxyl groups is 1. The normalized spacial score (nSPS) is 11.6. The molecule has 0 fully saturated rings. The van der Waals surface area contributed by atoms with E-state index in [0.717, 1.165) is 0 Å². The van der Waals surface area contributed by atoms with Gasteiger partial charge in [0.25, 0.3) is 0 Å². The van der Waals surface area contributed by atoms with Crippen LogP contribution in [0.1, 0.15) is 25.0 Å². The van der Waals surface area contributed by atoms with E-state index in [2.05, 4.69) is 0 Å². The van der Waals surface area contributed by atoms with Crippen LogP contribution in [0.2, 0.25) is 0 Å². The molecule has 4 heteroatoms. The Balaban J connectivity index is 2.73. The zero-order valence-corrected chi connectivity index (χ0v) is 10.4. The molecule has 1 aromatic rings. The first-order valence-corrected chi connectivity index (χ1v) is 5.41. The maximum Gasteiger partial charge on any atom is 0.129 e. The third-order valence-electron chi connectivity index (χ3n) is 2.28. The zero-order valence-electron chi connectivity index (χ0n) is 10.4. The minimum Gasteiger partial charge on any atom is -0.389 e. The Kier molecular flexibility index (Phi) is 4.22. The summed E-state index contributed by atoms with van der Waals surface area (Å²) < 4.78 is 13.6. The summed E-state index contributed by atoms with van der Waals surface area (Å²) in [6.45, 7) is 4.27. The van der Waals surface area contributed by atoms with E-state index in [4.69, 9.17) is 5.26 Å². The fourth-order valence-corrected chi connectivity index (χ4v) is 1.75. The Morgan fingerprint density at radius 3 is 2.59 bits per heavy atom. The molecule has 0 atom stereocenters. The lowest BCUT2D eigenvalue weighted by Gasteiger charge is -2.25. The van der Waals surface area contributed by atoms with Crippen LogP contribution >= 0.6 is 0 Å². The van der Waals surface area contributed by atoms with Crippen LogP contribution in [0.5, 0.6) is 0 Å². The molecule has 1 aromatic carbocycles. The first-order chi connectivity index (χ1) is 7.81. The van der Waals surface area contributed by atoms with Gasteiger partial charge in [-0.05, 0) is 33.0 Å². The Morgan fingerprint density at radius 2 is 2.12 bits per heavy atom. The molecule has 1 N–H and O–H groups in total. The van der Waals surface area contributed by atoms with Crippen molar-refractivity contribution < 1.29 is 9.50 Å². The summed E-state index contributed by atoms with van der Waals surface area (Å²) in [5.41, 5.74) is 0.0322. The highest BCUT2D eigenvalue weighted by atomic mass is 19.1. The average Bonchev–Trinajstić information content (AvgIpc) is 2.18. The van der Waals surface area contributed by atoms with E-state index in [1.54, 1.807) is 26.0 Å². The van der Waals surface area contributed by atoms with Gasteiger partial charge in [-0.1, -0.05) is 6.07 Å². The quantitative estimate of drug-likeness (QED) is 0.868. The largest absolute Gasteiger partial charge is 0.389 e. The number of hydrogen-bond donors (Lipinski definition) is 1. The second-order valence-electron chi connectivity index (χ2n) is 4.90. The lowest BCUT2D eigenvalue weighted by molar-refractivity contribution is 0.0422. The SMILES string of the molecule is CN(Cc1ccc(C#N)cc1F)CC(C)(C)O. The first-order valence-electron chi connectivity index (χ1n) is 5.41. The van der Waals surface area contributed by atoms with Crippen molar-refractivity contribution in [2.24, 2.45) is 0 Å². The van der Waals surface area contributed by atoms with Gasteiger partial charge >= 0.3 is 0 Å². The van der Waals surface area contributed by atoms with E-state index in [0.29, 0.717) is 24.2 Å². The maximum atomic E-state index is 13.6. The summed E-state index contributed by atoms with van der Waals surface area (Å²) in [5, 5.41) is 18.3. The fourth-order valence-electron chi connectivity index (χ4n) is 1.75. The number of nitriles is 1.